The molecule has 0 bridgehead atoms. The van der Waals surface area contributed by atoms with E-state index >= 15 is 0 Å². The third kappa shape index (κ3) is 7.01. The second-order valence-corrected chi connectivity index (χ2v) is 7.72. The Morgan fingerprint density at radius 2 is 1.68 bits per heavy atom. The van der Waals surface area contributed by atoms with Crippen molar-refractivity contribution in [3.05, 3.63) is 65.7 Å². The number of carboxylic acids is 1. The van der Waals surface area contributed by atoms with Crippen LogP contribution < -0.4 is 9.46 Å². The number of nitrogens with one attached hydrogen (secondary N) is 1. The maximum absolute atomic E-state index is 12.3. The Hall–Kier alpha value is -2.91. The number of benzene rings is 2. The van der Waals surface area contributed by atoms with Crippen LogP contribution in [0.3, 0.4) is 0 Å². The lowest BCUT2D eigenvalue weighted by atomic mass is 10.1. The Balaban J connectivity index is 2.00. The van der Waals surface area contributed by atoms with Crippen molar-refractivity contribution in [3.63, 3.8) is 0 Å². The third-order valence-corrected chi connectivity index (χ3v) is 5.12. The first-order chi connectivity index (χ1) is 13.3. The average Bonchev–Trinajstić information content (AvgIpc) is 2.66. The molecule has 0 unspecified atom stereocenters. The van der Waals surface area contributed by atoms with Gasteiger partial charge >= 0.3 is 11.9 Å². The Labute approximate surface area is 163 Å². The van der Waals surface area contributed by atoms with Gasteiger partial charge in [-0.1, -0.05) is 42.5 Å². The first-order valence-corrected chi connectivity index (χ1v) is 9.99. The zero-order valence-electron chi connectivity index (χ0n) is 15.2. The highest BCUT2D eigenvalue weighted by Crippen LogP contribution is 2.14. The van der Waals surface area contributed by atoms with Crippen LogP contribution in [0.4, 0.5) is 0 Å². The molecule has 28 heavy (non-hydrogen) atoms. The van der Waals surface area contributed by atoms with E-state index in [1.165, 1.54) is 7.11 Å². The van der Waals surface area contributed by atoms with E-state index < -0.39 is 28.0 Å². The number of hydrogen-bond acceptors (Lipinski definition) is 6. The normalized spacial score (nSPS) is 12.2. The highest BCUT2D eigenvalue weighted by molar-refractivity contribution is 7.88. The molecule has 2 aromatic carbocycles. The van der Waals surface area contributed by atoms with Crippen LogP contribution in [0.2, 0.25) is 0 Å². The molecule has 0 saturated carbocycles. The van der Waals surface area contributed by atoms with Crippen molar-refractivity contribution < 1.29 is 32.6 Å². The Morgan fingerprint density at radius 3 is 2.25 bits per heavy atom. The molecule has 0 aliphatic rings. The van der Waals surface area contributed by atoms with Gasteiger partial charge in [0.15, 0.2) is 6.61 Å². The second-order valence-electron chi connectivity index (χ2n) is 5.97. The summed E-state index contributed by atoms with van der Waals surface area (Å²) in [6.45, 7) is -0.243. The summed E-state index contributed by atoms with van der Waals surface area (Å²) >= 11 is 0. The number of methoxy groups -OCH3 is 1. The number of hydrogen-bond donors (Lipinski definition) is 2. The smallest absolute Gasteiger partial charge is 0.343 e. The second kappa shape index (κ2) is 9.86. The van der Waals surface area contributed by atoms with Gasteiger partial charge in [0.25, 0.3) is 0 Å². The molecule has 0 aliphatic heterocycles. The van der Waals surface area contributed by atoms with Crippen LogP contribution in [0, 0.1) is 0 Å². The first-order valence-electron chi connectivity index (χ1n) is 8.34. The molecule has 0 spiro atoms. The van der Waals surface area contributed by atoms with E-state index in [1.54, 1.807) is 54.6 Å². The molecule has 2 N–H and O–H groups in total. The number of carboxylic acid groups (broad SMARTS) is 1. The van der Waals surface area contributed by atoms with Crippen LogP contribution >= 0.6 is 0 Å². The average molecular weight is 407 g/mol. The molecular formula is C19H21NO7S. The molecule has 2 rings (SSSR count). The zero-order valence-corrected chi connectivity index (χ0v) is 16.0. The maximum atomic E-state index is 12.3. The molecule has 2 aromatic rings. The Bertz CT molecular complexity index is 896. The van der Waals surface area contributed by atoms with E-state index in [4.69, 9.17) is 4.74 Å². The van der Waals surface area contributed by atoms with Gasteiger partial charge in [-0.2, -0.15) is 0 Å². The van der Waals surface area contributed by atoms with Crippen LogP contribution in [0.25, 0.3) is 0 Å². The quantitative estimate of drug-likeness (QED) is 0.571. The lowest BCUT2D eigenvalue weighted by Crippen LogP contribution is -2.42. The number of esters is 1. The van der Waals surface area contributed by atoms with E-state index in [2.05, 4.69) is 9.46 Å². The van der Waals surface area contributed by atoms with Gasteiger partial charge in [-0.25, -0.2) is 17.9 Å². The van der Waals surface area contributed by atoms with Gasteiger partial charge in [-0.3, -0.25) is 4.79 Å². The molecule has 0 heterocycles. The summed E-state index contributed by atoms with van der Waals surface area (Å²) in [6.07, 6.45) is -0.0410. The summed E-state index contributed by atoms with van der Waals surface area (Å²) in [6, 6.07) is 13.5. The van der Waals surface area contributed by atoms with Gasteiger partial charge in [0.1, 0.15) is 11.8 Å². The number of sulfonamides is 1. The SMILES string of the molecule is COC(=O)COc1ccc(C[C@H](NS(=O)(=O)Cc2ccccc2)C(=O)O)cc1. The standard InChI is InChI=1S/C19H21NO7S/c1-26-18(21)12-27-16-9-7-14(8-10-16)11-17(19(22)23)20-28(24,25)13-15-5-3-2-4-6-15/h2-10,17,20H,11-13H2,1H3,(H,22,23)/t17-/m0/s1. The summed E-state index contributed by atoms with van der Waals surface area (Å²) in [7, 11) is -2.59. The number of carbonyl (C=O) groups is 2. The molecule has 0 amide bonds. The van der Waals surface area contributed by atoms with E-state index in [9.17, 15) is 23.1 Å². The van der Waals surface area contributed by atoms with Crippen molar-refractivity contribution in [1.29, 1.82) is 0 Å². The fourth-order valence-corrected chi connectivity index (χ4v) is 3.72. The fraction of sp³-hybridized carbons (Fsp3) is 0.263. The van der Waals surface area contributed by atoms with Crippen molar-refractivity contribution in [2.45, 2.75) is 18.2 Å². The molecule has 0 aromatic heterocycles. The van der Waals surface area contributed by atoms with Crippen LogP contribution in [-0.2, 0) is 36.5 Å². The minimum absolute atomic E-state index is 0.0410. The topological polar surface area (TPSA) is 119 Å². The van der Waals surface area contributed by atoms with Crippen LogP contribution in [0.15, 0.2) is 54.6 Å². The number of ether oxygens (including phenoxy) is 2. The Kier molecular flexibility index (Phi) is 7.53. The summed E-state index contributed by atoms with van der Waals surface area (Å²) < 4.78 is 36.5. The third-order valence-electron chi connectivity index (χ3n) is 3.77. The van der Waals surface area contributed by atoms with Crippen molar-refractivity contribution in [3.8, 4) is 5.75 Å². The molecule has 0 aliphatic carbocycles. The predicted molar refractivity (Wildman–Crippen MR) is 101 cm³/mol. The molecule has 0 radical (unpaired) electrons. The lowest BCUT2D eigenvalue weighted by Gasteiger charge is -2.15. The van der Waals surface area contributed by atoms with E-state index in [0.717, 1.165) is 0 Å². The van der Waals surface area contributed by atoms with Crippen LogP contribution in [-0.4, -0.2) is 45.2 Å². The number of carbonyl (C=O) groups excluding carboxylic acids is 1. The molecule has 9 heteroatoms. The van der Waals surface area contributed by atoms with Crippen molar-refractivity contribution in [2.75, 3.05) is 13.7 Å². The largest absolute Gasteiger partial charge is 0.482 e. The van der Waals surface area contributed by atoms with E-state index in [1.807, 2.05) is 0 Å². The van der Waals surface area contributed by atoms with E-state index in [0.29, 0.717) is 16.9 Å². The minimum Gasteiger partial charge on any atom is -0.482 e. The van der Waals surface area contributed by atoms with Gasteiger partial charge in [-0.05, 0) is 29.7 Å². The molecular weight excluding hydrogens is 386 g/mol. The van der Waals surface area contributed by atoms with Gasteiger partial charge < -0.3 is 14.6 Å². The zero-order chi connectivity index (χ0) is 20.6. The summed E-state index contributed by atoms with van der Waals surface area (Å²) in [5.41, 5.74) is 1.16. The molecule has 8 nitrogen and oxygen atoms in total. The van der Waals surface area contributed by atoms with Crippen molar-refractivity contribution in [1.82, 2.24) is 4.72 Å². The van der Waals surface area contributed by atoms with Crippen LogP contribution in [0.5, 0.6) is 5.75 Å². The number of aliphatic carboxylic acids is 1. The molecule has 0 fully saturated rings. The van der Waals surface area contributed by atoms with Gasteiger partial charge in [0.05, 0.1) is 12.9 Å². The maximum Gasteiger partial charge on any atom is 0.343 e. The number of rotatable bonds is 10. The molecule has 1 atom stereocenters. The predicted octanol–water partition coefficient (Wildman–Crippen LogP) is 1.35. The van der Waals surface area contributed by atoms with Crippen molar-refractivity contribution in [2.24, 2.45) is 0 Å². The van der Waals surface area contributed by atoms with Gasteiger partial charge in [0, 0.05) is 0 Å². The minimum atomic E-state index is -3.84. The summed E-state index contributed by atoms with van der Waals surface area (Å²) in [4.78, 5) is 22.6. The van der Waals surface area contributed by atoms with Crippen LogP contribution in [0.1, 0.15) is 11.1 Å². The first kappa shape index (κ1) is 21.4. The Morgan fingerprint density at radius 1 is 1.04 bits per heavy atom. The van der Waals surface area contributed by atoms with Crippen molar-refractivity contribution >= 4 is 22.0 Å². The summed E-state index contributed by atoms with van der Waals surface area (Å²) in [5.74, 6) is -1.70. The summed E-state index contributed by atoms with van der Waals surface area (Å²) in [5, 5.41) is 9.39. The fourth-order valence-electron chi connectivity index (χ4n) is 2.39. The highest BCUT2D eigenvalue weighted by atomic mass is 32.2. The van der Waals surface area contributed by atoms with Gasteiger partial charge in [-0.15, -0.1) is 0 Å². The lowest BCUT2D eigenvalue weighted by molar-refractivity contribution is -0.143. The molecule has 150 valence electrons. The molecule has 0 saturated heterocycles. The van der Waals surface area contributed by atoms with E-state index in [-0.39, 0.29) is 18.8 Å². The monoisotopic (exact) mass is 407 g/mol. The highest BCUT2D eigenvalue weighted by Gasteiger charge is 2.24. The van der Waals surface area contributed by atoms with Gasteiger partial charge in [0.2, 0.25) is 10.0 Å².